The van der Waals surface area contributed by atoms with Crippen LogP contribution in [0, 0.1) is 0 Å². The molecule has 0 radical (unpaired) electrons. The lowest BCUT2D eigenvalue weighted by Gasteiger charge is -2.14. The smallest absolute Gasteiger partial charge is 0.414 e. The Morgan fingerprint density at radius 2 is 2.03 bits per heavy atom. The van der Waals surface area contributed by atoms with Crippen molar-refractivity contribution < 1.29 is 18.7 Å². The first-order chi connectivity index (χ1) is 15.7. The van der Waals surface area contributed by atoms with Gasteiger partial charge in [0.1, 0.15) is 12.2 Å². The average Bonchev–Trinajstić information content (AvgIpc) is 3.56. The summed E-state index contributed by atoms with van der Waals surface area (Å²) in [5, 5.41) is 5.96. The van der Waals surface area contributed by atoms with Gasteiger partial charge < -0.3 is 14.5 Å². The van der Waals surface area contributed by atoms with Crippen LogP contribution < -0.4 is 10.2 Å². The van der Waals surface area contributed by atoms with Crippen molar-refractivity contribution in [3.8, 4) is 0 Å². The number of fused-ring (bicyclic) bond motifs is 1. The molecule has 1 N–H and O–H groups in total. The minimum atomic E-state index is -0.346. The van der Waals surface area contributed by atoms with Crippen molar-refractivity contribution in [2.45, 2.75) is 16.5 Å². The minimum Gasteiger partial charge on any atom is -0.451 e. The first-order valence-corrected chi connectivity index (χ1v) is 12.0. The number of ether oxygens (including phenoxy) is 1. The van der Waals surface area contributed by atoms with Crippen LogP contribution in [0.1, 0.15) is 21.7 Å². The van der Waals surface area contributed by atoms with Gasteiger partial charge in [0.15, 0.2) is 5.76 Å². The van der Waals surface area contributed by atoms with E-state index >= 15 is 0 Å². The van der Waals surface area contributed by atoms with Gasteiger partial charge in [-0.15, -0.1) is 23.1 Å². The number of thioether (sulfide) groups is 1. The van der Waals surface area contributed by atoms with Gasteiger partial charge >= 0.3 is 6.09 Å². The number of amides is 2. The van der Waals surface area contributed by atoms with E-state index in [1.165, 1.54) is 4.21 Å². The molecule has 2 aromatic heterocycles. The van der Waals surface area contributed by atoms with E-state index in [9.17, 15) is 9.59 Å². The second kappa shape index (κ2) is 9.10. The Morgan fingerprint density at radius 1 is 1.12 bits per heavy atom. The summed E-state index contributed by atoms with van der Waals surface area (Å²) in [4.78, 5) is 26.5. The normalized spacial score (nSPS) is 13.5. The van der Waals surface area contributed by atoms with Gasteiger partial charge in [-0.2, -0.15) is 0 Å². The highest BCUT2D eigenvalue weighted by Crippen LogP contribution is 2.33. The maximum atomic E-state index is 13.1. The highest BCUT2D eigenvalue weighted by atomic mass is 32.2. The number of carbonyl (C=O) groups excluding carboxylic acids is 2. The van der Waals surface area contributed by atoms with Crippen LogP contribution in [0.15, 0.2) is 74.7 Å². The zero-order valence-corrected chi connectivity index (χ0v) is 18.7. The van der Waals surface area contributed by atoms with Crippen molar-refractivity contribution in [3.05, 3.63) is 82.9 Å². The van der Waals surface area contributed by atoms with Gasteiger partial charge in [0.2, 0.25) is 0 Å². The number of nitrogens with one attached hydrogen (secondary N) is 1. The van der Waals surface area contributed by atoms with Gasteiger partial charge in [0.05, 0.1) is 10.8 Å². The first-order valence-electron chi connectivity index (χ1n) is 10.2. The van der Waals surface area contributed by atoms with Crippen molar-refractivity contribution in [3.63, 3.8) is 0 Å². The van der Waals surface area contributed by atoms with Crippen LogP contribution in [0.3, 0.4) is 0 Å². The van der Waals surface area contributed by atoms with Gasteiger partial charge in [-0.05, 0) is 35.2 Å². The third-order valence-corrected chi connectivity index (χ3v) is 7.35. The number of hydrogen-bond acceptors (Lipinski definition) is 6. The van der Waals surface area contributed by atoms with Crippen LogP contribution in [-0.4, -0.2) is 25.2 Å². The molecule has 1 aliphatic heterocycles. The molecule has 162 valence electrons. The zero-order valence-electron chi connectivity index (χ0n) is 17.1. The number of thiophene rings is 1. The Balaban J connectivity index is 1.34. The number of para-hydroxylation sites is 1. The van der Waals surface area contributed by atoms with E-state index < -0.39 is 0 Å². The number of cyclic esters (lactones) is 1. The van der Waals surface area contributed by atoms with E-state index in [0.29, 0.717) is 36.8 Å². The maximum absolute atomic E-state index is 13.1. The summed E-state index contributed by atoms with van der Waals surface area (Å²) in [7, 11) is 0. The fourth-order valence-electron chi connectivity index (χ4n) is 3.64. The highest BCUT2D eigenvalue weighted by molar-refractivity contribution is 8.00. The monoisotopic (exact) mass is 464 g/mol. The molecule has 2 amide bonds. The third-order valence-electron chi connectivity index (χ3n) is 5.19. The van der Waals surface area contributed by atoms with E-state index in [2.05, 4.69) is 11.4 Å². The molecule has 0 saturated carbocycles. The number of carbonyl (C=O) groups is 2. The van der Waals surface area contributed by atoms with Gasteiger partial charge in [-0.25, -0.2) is 4.79 Å². The maximum Gasteiger partial charge on any atom is 0.414 e. The van der Waals surface area contributed by atoms with Crippen molar-refractivity contribution in [2.24, 2.45) is 0 Å². The van der Waals surface area contributed by atoms with Crippen molar-refractivity contribution in [1.29, 1.82) is 0 Å². The number of furan rings is 1. The number of nitrogens with zero attached hydrogens (tertiary/aromatic N) is 1. The second-order valence-corrected chi connectivity index (χ2v) is 9.47. The lowest BCUT2D eigenvalue weighted by molar-refractivity contribution is 0.0924. The molecule has 1 aliphatic rings. The molecule has 0 bridgehead atoms. The molecule has 0 atom stereocenters. The molecule has 2 aromatic carbocycles. The van der Waals surface area contributed by atoms with Crippen LogP contribution in [0.25, 0.3) is 11.0 Å². The van der Waals surface area contributed by atoms with Crippen LogP contribution in [-0.2, 0) is 17.0 Å². The minimum absolute atomic E-state index is 0.256. The average molecular weight is 465 g/mol. The fourth-order valence-corrected chi connectivity index (χ4v) is 5.45. The molecule has 0 aliphatic carbocycles. The second-order valence-electron chi connectivity index (χ2n) is 7.25. The predicted octanol–water partition coefficient (Wildman–Crippen LogP) is 5.67. The van der Waals surface area contributed by atoms with E-state index in [1.807, 2.05) is 60.0 Å². The van der Waals surface area contributed by atoms with E-state index in [0.717, 1.165) is 22.2 Å². The molecule has 0 unspecified atom stereocenters. The first kappa shape index (κ1) is 20.7. The van der Waals surface area contributed by atoms with Gasteiger partial charge in [-0.3, -0.25) is 9.69 Å². The largest absolute Gasteiger partial charge is 0.451 e. The Labute approximate surface area is 193 Å². The fraction of sp³-hybridized carbons (Fsp3) is 0.167. The number of benzene rings is 2. The number of anilines is 1. The molecule has 1 saturated heterocycles. The summed E-state index contributed by atoms with van der Waals surface area (Å²) in [6.07, 6.45) is -0.346. The lowest BCUT2D eigenvalue weighted by Crippen LogP contribution is -2.25. The molecule has 4 aromatic rings. The summed E-state index contributed by atoms with van der Waals surface area (Å²) >= 11 is 3.37. The number of rotatable bonds is 7. The van der Waals surface area contributed by atoms with E-state index in [4.69, 9.17) is 9.15 Å². The Hall–Kier alpha value is -3.23. The SMILES string of the molecule is O=C(NCc1cccc(N2CCOC2=O)c1)c1oc2ccccc2c1CSc1cccs1. The van der Waals surface area contributed by atoms with Crippen molar-refractivity contribution in [1.82, 2.24) is 5.32 Å². The Morgan fingerprint density at radius 3 is 2.84 bits per heavy atom. The third kappa shape index (κ3) is 4.24. The molecular formula is C24H20N2O4S2. The zero-order chi connectivity index (χ0) is 21.9. The molecule has 1 fully saturated rings. The van der Waals surface area contributed by atoms with Crippen LogP contribution in [0.4, 0.5) is 10.5 Å². The van der Waals surface area contributed by atoms with Crippen LogP contribution >= 0.6 is 23.1 Å². The van der Waals surface area contributed by atoms with Crippen molar-refractivity contribution >= 4 is 51.8 Å². The molecular weight excluding hydrogens is 444 g/mol. The lowest BCUT2D eigenvalue weighted by atomic mass is 10.1. The standard InChI is InChI=1S/C24H20N2O4S2/c27-23(25-14-16-5-3-6-17(13-16)26-10-11-29-24(26)28)22-19(15-32-21-9-4-12-31-21)18-7-1-2-8-20(18)30-22/h1-9,12-13H,10-11,14-15H2,(H,25,27). The molecule has 5 rings (SSSR count). The van der Waals surface area contributed by atoms with Gasteiger partial charge in [0, 0.05) is 28.9 Å². The summed E-state index contributed by atoms with van der Waals surface area (Å²) in [6, 6.07) is 19.3. The summed E-state index contributed by atoms with van der Waals surface area (Å²) < 4.78 is 12.2. The predicted molar refractivity (Wildman–Crippen MR) is 126 cm³/mol. The highest BCUT2D eigenvalue weighted by Gasteiger charge is 2.24. The topological polar surface area (TPSA) is 71.8 Å². The van der Waals surface area contributed by atoms with Gasteiger partial charge in [-0.1, -0.05) is 36.4 Å². The Bertz CT molecular complexity index is 1270. The van der Waals surface area contributed by atoms with E-state index in [1.54, 1.807) is 28.0 Å². The quantitative estimate of drug-likeness (QED) is 0.357. The molecule has 0 spiro atoms. The number of hydrogen-bond donors (Lipinski definition) is 1. The molecule has 32 heavy (non-hydrogen) atoms. The summed E-state index contributed by atoms with van der Waals surface area (Å²) in [6.45, 7) is 1.24. The Kier molecular flexibility index (Phi) is 5.87. The molecule has 6 nitrogen and oxygen atoms in total. The van der Waals surface area contributed by atoms with E-state index in [-0.39, 0.29) is 12.0 Å². The molecule has 3 heterocycles. The van der Waals surface area contributed by atoms with Crippen molar-refractivity contribution in [2.75, 3.05) is 18.1 Å². The van der Waals surface area contributed by atoms with Crippen LogP contribution in [0.5, 0.6) is 0 Å². The summed E-state index contributed by atoms with van der Waals surface area (Å²) in [5.74, 6) is 0.732. The van der Waals surface area contributed by atoms with Gasteiger partial charge in [0.25, 0.3) is 5.91 Å². The summed E-state index contributed by atoms with van der Waals surface area (Å²) in [5.41, 5.74) is 3.25. The van der Waals surface area contributed by atoms with Crippen LogP contribution in [0.2, 0.25) is 0 Å². The molecule has 8 heteroatoms.